The summed E-state index contributed by atoms with van der Waals surface area (Å²) >= 11 is 6.56. The average molecular weight is 647 g/mol. The van der Waals surface area contributed by atoms with E-state index in [-0.39, 0.29) is 44.6 Å². The van der Waals surface area contributed by atoms with Gasteiger partial charge in [0.2, 0.25) is 0 Å². The number of piperidine rings is 1. The maximum atomic E-state index is 13.1. The minimum Gasteiger partial charge on any atom is -0.459 e. The highest BCUT2D eigenvalue weighted by atomic mass is 35.5. The Bertz CT molecular complexity index is 1670. The summed E-state index contributed by atoms with van der Waals surface area (Å²) in [5.41, 5.74) is 1.48. The lowest BCUT2D eigenvalue weighted by atomic mass is 9.90. The summed E-state index contributed by atoms with van der Waals surface area (Å²) in [5, 5.41) is 29.6. The zero-order valence-electron chi connectivity index (χ0n) is 23.8. The van der Waals surface area contributed by atoms with Crippen molar-refractivity contribution in [2.24, 2.45) is 0 Å². The summed E-state index contributed by atoms with van der Waals surface area (Å²) in [5.74, 6) is -0.385. The number of likely N-dealkylation sites (tertiary alicyclic amines) is 1. The van der Waals surface area contributed by atoms with E-state index in [0.717, 1.165) is 16.7 Å². The summed E-state index contributed by atoms with van der Waals surface area (Å²) in [6, 6.07) is 16.2. The molecule has 2 saturated heterocycles. The smallest absolute Gasteiger partial charge is 0.417 e. The number of ether oxygens (including phenoxy) is 2. The number of aliphatic hydroxyl groups excluding tert-OH is 2. The van der Waals surface area contributed by atoms with E-state index >= 15 is 0 Å². The van der Waals surface area contributed by atoms with Crippen LogP contribution in [-0.2, 0) is 4.74 Å². The van der Waals surface area contributed by atoms with E-state index in [1.54, 1.807) is 30.3 Å². The number of aromatic nitrogens is 3. The zero-order valence-corrected chi connectivity index (χ0v) is 24.6. The topological polar surface area (TPSA) is 141 Å². The lowest BCUT2D eigenvalue weighted by Crippen LogP contribution is -2.54. The molecule has 2 aliphatic heterocycles. The van der Waals surface area contributed by atoms with Crippen molar-refractivity contribution in [3.8, 4) is 28.4 Å². The van der Waals surface area contributed by atoms with Gasteiger partial charge in [0.15, 0.2) is 11.2 Å². The van der Waals surface area contributed by atoms with E-state index in [9.17, 15) is 33.3 Å². The molecule has 14 heteroatoms. The SMILES string of the molecule is O=C(c1ccc(-c2ccc(-c3nc4nc(OC5COC(CO)C(O)C5)[nH]c4cc3Cl)cc2)cc1)N1CCC(O)(C(F)(F)F)CC1. The number of aromatic amines is 1. The molecule has 0 aliphatic carbocycles. The van der Waals surface area contributed by atoms with Crippen molar-refractivity contribution in [1.29, 1.82) is 0 Å². The van der Waals surface area contributed by atoms with Gasteiger partial charge >= 0.3 is 6.18 Å². The van der Waals surface area contributed by atoms with Crippen LogP contribution in [0.1, 0.15) is 29.6 Å². The van der Waals surface area contributed by atoms with E-state index in [0.29, 0.717) is 27.4 Å². The van der Waals surface area contributed by atoms with Gasteiger partial charge in [0.25, 0.3) is 11.9 Å². The molecular formula is C31H30ClF3N4O6. The number of benzene rings is 2. The number of aliphatic hydroxyl groups is 3. The van der Waals surface area contributed by atoms with Crippen molar-refractivity contribution >= 4 is 28.7 Å². The number of imidazole rings is 1. The van der Waals surface area contributed by atoms with E-state index in [1.165, 1.54) is 4.90 Å². The van der Waals surface area contributed by atoms with Crippen LogP contribution in [0.4, 0.5) is 13.2 Å². The quantitative estimate of drug-likeness (QED) is 0.242. The highest BCUT2D eigenvalue weighted by Gasteiger charge is 2.55. The maximum absolute atomic E-state index is 13.1. The first-order chi connectivity index (χ1) is 21.4. The first kappa shape index (κ1) is 31.2. The fraction of sp³-hybridized carbons (Fsp3) is 0.387. The second-order valence-corrected chi connectivity index (χ2v) is 11.7. The molecule has 45 heavy (non-hydrogen) atoms. The monoisotopic (exact) mass is 646 g/mol. The Hall–Kier alpha value is -3.75. The van der Waals surface area contributed by atoms with Gasteiger partial charge in [-0.2, -0.15) is 18.2 Å². The number of nitrogens with zero attached hydrogens (tertiary/aromatic N) is 3. The van der Waals surface area contributed by atoms with Gasteiger partial charge in [-0.1, -0.05) is 48.0 Å². The molecule has 4 heterocycles. The van der Waals surface area contributed by atoms with Crippen molar-refractivity contribution in [3.63, 3.8) is 0 Å². The number of amides is 1. The number of pyridine rings is 1. The first-order valence-corrected chi connectivity index (χ1v) is 14.7. The van der Waals surface area contributed by atoms with Crippen LogP contribution in [0.2, 0.25) is 5.02 Å². The second-order valence-electron chi connectivity index (χ2n) is 11.3. The molecule has 1 amide bonds. The predicted octanol–water partition coefficient (Wildman–Crippen LogP) is 4.36. The van der Waals surface area contributed by atoms with Crippen LogP contribution in [-0.4, -0.2) is 97.5 Å². The third kappa shape index (κ3) is 6.36. The van der Waals surface area contributed by atoms with E-state index in [2.05, 4.69) is 15.0 Å². The number of nitrogens with one attached hydrogen (secondary N) is 1. The maximum Gasteiger partial charge on any atom is 0.417 e. The van der Waals surface area contributed by atoms with Crippen LogP contribution < -0.4 is 4.74 Å². The summed E-state index contributed by atoms with van der Waals surface area (Å²) in [4.78, 5) is 26.3. The normalized spacial score (nSPS) is 22.0. The Labute approximate surface area is 260 Å². The number of carbonyl (C=O) groups is 1. The van der Waals surface area contributed by atoms with Gasteiger partial charge in [0.1, 0.15) is 12.2 Å². The molecule has 2 aromatic carbocycles. The van der Waals surface area contributed by atoms with Gasteiger partial charge in [0, 0.05) is 43.5 Å². The lowest BCUT2D eigenvalue weighted by molar-refractivity contribution is -0.271. The van der Waals surface area contributed by atoms with Crippen LogP contribution >= 0.6 is 11.6 Å². The number of halogens is 4. The van der Waals surface area contributed by atoms with E-state index in [1.807, 2.05) is 24.3 Å². The standard InChI is InChI=1S/C31H30ClF3N4O6/c32-22-14-23-27(38-29(36-23)45-21-13-24(41)25(15-40)44-16-21)37-26(22)19-5-1-17(2-6-19)18-3-7-20(8-4-18)28(42)39-11-9-30(43,10-12-39)31(33,34)35/h1-8,14,21,24-25,40-41,43H,9-13,15-16H2,(H,36,37,38). The molecule has 0 spiro atoms. The van der Waals surface area contributed by atoms with Crippen molar-refractivity contribution in [3.05, 3.63) is 65.2 Å². The minimum absolute atomic E-state index is 0.182. The third-order valence-electron chi connectivity index (χ3n) is 8.32. The number of alkyl halides is 3. The molecule has 0 saturated carbocycles. The van der Waals surface area contributed by atoms with Crippen LogP contribution in [0.3, 0.4) is 0 Å². The lowest BCUT2D eigenvalue weighted by Gasteiger charge is -2.39. The average Bonchev–Trinajstić information content (AvgIpc) is 3.41. The van der Waals surface area contributed by atoms with Crippen LogP contribution in [0.25, 0.3) is 33.5 Å². The van der Waals surface area contributed by atoms with Crippen LogP contribution in [0.5, 0.6) is 6.01 Å². The van der Waals surface area contributed by atoms with Gasteiger partial charge < -0.3 is 34.7 Å². The Morgan fingerprint density at radius 2 is 1.69 bits per heavy atom. The predicted molar refractivity (Wildman–Crippen MR) is 158 cm³/mol. The van der Waals surface area contributed by atoms with Gasteiger partial charge in [-0.15, -0.1) is 0 Å². The number of H-pyrrole nitrogens is 1. The highest BCUT2D eigenvalue weighted by Crippen LogP contribution is 2.39. The van der Waals surface area contributed by atoms with Gasteiger partial charge in [-0.25, -0.2) is 4.98 Å². The Balaban J connectivity index is 1.12. The summed E-state index contributed by atoms with van der Waals surface area (Å²) in [6.07, 6.45) is -7.50. The molecule has 4 N–H and O–H groups in total. The molecule has 238 valence electrons. The summed E-state index contributed by atoms with van der Waals surface area (Å²) < 4.78 is 50.6. The fourth-order valence-electron chi connectivity index (χ4n) is 5.57. The van der Waals surface area contributed by atoms with Crippen molar-refractivity contribution < 1.29 is 42.8 Å². The van der Waals surface area contributed by atoms with Crippen LogP contribution in [0.15, 0.2) is 54.6 Å². The molecule has 0 radical (unpaired) electrons. The van der Waals surface area contributed by atoms with E-state index < -0.39 is 42.9 Å². The number of hydrogen-bond acceptors (Lipinski definition) is 8. The third-order valence-corrected chi connectivity index (χ3v) is 8.61. The summed E-state index contributed by atoms with van der Waals surface area (Å²) in [6.45, 7) is -0.445. The molecule has 3 atom stereocenters. The van der Waals surface area contributed by atoms with Crippen molar-refractivity contribution in [1.82, 2.24) is 19.9 Å². The Morgan fingerprint density at radius 3 is 2.29 bits per heavy atom. The minimum atomic E-state index is -4.73. The first-order valence-electron chi connectivity index (χ1n) is 14.4. The molecule has 2 aromatic heterocycles. The number of carbonyl (C=O) groups excluding carboxylic acids is 1. The zero-order chi connectivity index (χ0) is 31.9. The molecule has 6 rings (SSSR count). The number of fused-ring (bicyclic) bond motifs is 1. The molecular weight excluding hydrogens is 617 g/mol. The van der Waals surface area contributed by atoms with Crippen LogP contribution in [0, 0.1) is 0 Å². The molecule has 2 aliphatic rings. The second kappa shape index (κ2) is 12.2. The Kier molecular flexibility index (Phi) is 8.48. The van der Waals surface area contributed by atoms with Gasteiger partial charge in [0.05, 0.1) is 35.6 Å². The van der Waals surface area contributed by atoms with Crippen molar-refractivity contribution in [2.75, 3.05) is 26.3 Å². The van der Waals surface area contributed by atoms with E-state index in [4.69, 9.17) is 21.1 Å². The fourth-order valence-corrected chi connectivity index (χ4v) is 5.83. The van der Waals surface area contributed by atoms with Gasteiger partial charge in [-0.05, 0) is 29.3 Å². The molecule has 3 unspecified atom stereocenters. The van der Waals surface area contributed by atoms with Crippen molar-refractivity contribution in [2.45, 2.75) is 49.4 Å². The number of hydrogen-bond donors (Lipinski definition) is 4. The van der Waals surface area contributed by atoms with Gasteiger partial charge in [-0.3, -0.25) is 4.79 Å². The summed E-state index contributed by atoms with van der Waals surface area (Å²) in [7, 11) is 0. The molecule has 0 bridgehead atoms. The number of rotatable bonds is 6. The molecule has 2 fully saturated rings. The molecule has 4 aromatic rings. The molecule has 10 nitrogen and oxygen atoms in total. The largest absolute Gasteiger partial charge is 0.459 e. The Morgan fingerprint density at radius 1 is 1.07 bits per heavy atom. The highest BCUT2D eigenvalue weighted by molar-refractivity contribution is 6.33.